The van der Waals surface area contributed by atoms with Gasteiger partial charge in [-0.1, -0.05) is 41.3 Å². The van der Waals surface area contributed by atoms with Gasteiger partial charge < -0.3 is 14.8 Å². The lowest BCUT2D eigenvalue weighted by Crippen LogP contribution is -2.16. The van der Waals surface area contributed by atoms with Gasteiger partial charge in [-0.15, -0.1) is 16.4 Å². The van der Waals surface area contributed by atoms with Gasteiger partial charge in [0.05, 0.1) is 31.2 Å². The summed E-state index contributed by atoms with van der Waals surface area (Å²) in [5, 5.41) is 7.37. The number of methoxy groups -OCH3 is 2. The average Bonchev–Trinajstić information content (AvgIpc) is 3.31. The van der Waals surface area contributed by atoms with Gasteiger partial charge in [0.15, 0.2) is 8.29 Å². The van der Waals surface area contributed by atoms with E-state index in [0.717, 1.165) is 17.0 Å². The molecule has 0 spiro atoms. The zero-order valence-corrected chi connectivity index (χ0v) is 19.9. The molecule has 2 aromatic heterocycles. The quantitative estimate of drug-likeness (QED) is 0.294. The highest BCUT2D eigenvalue weighted by atomic mass is 32.2. The van der Waals surface area contributed by atoms with Crippen LogP contribution in [0.2, 0.25) is 0 Å². The van der Waals surface area contributed by atoms with E-state index in [0.29, 0.717) is 13.9 Å². The van der Waals surface area contributed by atoms with Crippen LogP contribution >= 0.6 is 46.7 Å². The molecule has 0 saturated heterocycles. The van der Waals surface area contributed by atoms with Crippen LogP contribution in [0.15, 0.2) is 34.7 Å². The lowest BCUT2D eigenvalue weighted by molar-refractivity contribution is -0.113. The highest BCUT2D eigenvalue weighted by Gasteiger charge is 2.26. The van der Waals surface area contributed by atoms with Gasteiger partial charge in [0, 0.05) is 0 Å². The monoisotopic (exact) mass is 495 g/mol. The summed E-state index contributed by atoms with van der Waals surface area (Å²) < 4.78 is 12.4. The largest absolute Gasteiger partial charge is 0.465 e. The summed E-state index contributed by atoms with van der Waals surface area (Å²) in [6.45, 7) is 1.60. The molecule has 0 aliphatic heterocycles. The number of esters is 2. The zero-order chi connectivity index (χ0) is 22.5. The Morgan fingerprint density at radius 3 is 2.45 bits per heavy atom. The molecule has 1 amide bonds. The molecule has 2 heterocycles. The number of rotatable bonds is 7. The average molecular weight is 496 g/mol. The van der Waals surface area contributed by atoms with Gasteiger partial charge in [-0.3, -0.25) is 4.79 Å². The number of carbonyl (C=O) groups excluding carboxylic acids is 3. The minimum atomic E-state index is -0.647. The Labute approximate surface area is 195 Å². The Morgan fingerprint density at radius 2 is 1.81 bits per heavy atom. The standard InChI is InChI=1S/C19H17N3O5S4/c1-10-13(16(24)26-2)15(30-14(10)17(25)27-3)20-12(23)9-29-18-21-22(19(28)31-18)11-7-5-4-6-8-11/h4-8H,9H2,1-3H3,(H,20,23). The van der Waals surface area contributed by atoms with E-state index < -0.39 is 11.9 Å². The Bertz CT molecular complexity index is 1180. The topological polar surface area (TPSA) is 99.5 Å². The van der Waals surface area contributed by atoms with E-state index >= 15 is 0 Å². The number of ether oxygens (including phenoxy) is 2. The molecule has 12 heteroatoms. The number of para-hydroxylation sites is 1. The first kappa shape index (κ1) is 23.1. The fourth-order valence-electron chi connectivity index (χ4n) is 2.58. The number of thioether (sulfide) groups is 1. The fraction of sp³-hybridized carbons (Fsp3) is 0.211. The molecule has 8 nitrogen and oxygen atoms in total. The molecule has 0 aliphatic rings. The molecule has 0 atom stereocenters. The number of nitrogens with zero attached hydrogens (tertiary/aromatic N) is 2. The highest BCUT2D eigenvalue weighted by molar-refractivity contribution is 8.01. The molecular weight excluding hydrogens is 478 g/mol. The summed E-state index contributed by atoms with van der Waals surface area (Å²) in [5.41, 5.74) is 1.37. The second-order valence-corrected chi connectivity index (χ2v) is 9.83. The van der Waals surface area contributed by atoms with Gasteiger partial charge in [-0.2, -0.15) is 0 Å². The Kier molecular flexibility index (Phi) is 7.59. The van der Waals surface area contributed by atoms with E-state index in [1.54, 1.807) is 11.6 Å². The normalized spacial score (nSPS) is 10.5. The van der Waals surface area contributed by atoms with E-state index in [1.807, 2.05) is 30.3 Å². The number of hydrogen-bond acceptors (Lipinski definition) is 10. The number of aromatic nitrogens is 2. The van der Waals surface area contributed by atoms with E-state index in [-0.39, 0.29) is 27.1 Å². The highest BCUT2D eigenvalue weighted by Crippen LogP contribution is 2.34. The molecule has 162 valence electrons. The van der Waals surface area contributed by atoms with E-state index in [9.17, 15) is 14.4 Å². The lowest BCUT2D eigenvalue weighted by atomic mass is 10.1. The number of thiophene rings is 1. The number of carbonyl (C=O) groups is 3. The number of anilines is 1. The van der Waals surface area contributed by atoms with Crippen LogP contribution in [0.1, 0.15) is 25.6 Å². The van der Waals surface area contributed by atoms with Gasteiger partial charge in [-0.25, -0.2) is 14.3 Å². The number of benzene rings is 1. The molecular formula is C19H17N3O5S4. The van der Waals surface area contributed by atoms with Crippen molar-refractivity contribution in [3.8, 4) is 5.69 Å². The summed E-state index contributed by atoms with van der Waals surface area (Å²) in [6, 6.07) is 9.47. The molecule has 0 radical (unpaired) electrons. The van der Waals surface area contributed by atoms with E-state index in [2.05, 4.69) is 10.4 Å². The van der Waals surface area contributed by atoms with Crippen LogP contribution in [0.25, 0.3) is 5.69 Å². The molecule has 3 rings (SSSR count). The van der Waals surface area contributed by atoms with Crippen LogP contribution in [0.5, 0.6) is 0 Å². The second kappa shape index (κ2) is 10.2. The summed E-state index contributed by atoms with van der Waals surface area (Å²) in [6.07, 6.45) is 0. The van der Waals surface area contributed by atoms with Crippen molar-refractivity contribution in [1.82, 2.24) is 9.78 Å². The first-order valence-corrected chi connectivity index (χ1v) is 11.8. The van der Waals surface area contributed by atoms with Crippen LogP contribution in [0, 0.1) is 10.9 Å². The van der Waals surface area contributed by atoms with Gasteiger partial charge >= 0.3 is 11.9 Å². The van der Waals surface area contributed by atoms with Crippen molar-refractivity contribution in [2.75, 3.05) is 25.3 Å². The van der Waals surface area contributed by atoms with Crippen molar-refractivity contribution >= 4 is 69.5 Å². The van der Waals surface area contributed by atoms with Gasteiger partial charge in [0.1, 0.15) is 9.88 Å². The third kappa shape index (κ3) is 5.21. The first-order valence-electron chi connectivity index (χ1n) is 8.74. The lowest BCUT2D eigenvalue weighted by Gasteiger charge is -2.05. The molecule has 0 fully saturated rings. The molecule has 0 unspecified atom stereocenters. The van der Waals surface area contributed by atoms with Crippen LogP contribution in [0.4, 0.5) is 5.00 Å². The molecule has 0 bridgehead atoms. The maximum atomic E-state index is 12.5. The van der Waals surface area contributed by atoms with E-state index in [4.69, 9.17) is 21.7 Å². The maximum Gasteiger partial charge on any atom is 0.348 e. The van der Waals surface area contributed by atoms with Crippen molar-refractivity contribution in [3.05, 3.63) is 50.3 Å². The summed E-state index contributed by atoms with van der Waals surface area (Å²) in [7, 11) is 2.48. The molecule has 31 heavy (non-hydrogen) atoms. The minimum absolute atomic E-state index is 0.0438. The third-order valence-corrected chi connectivity index (χ3v) is 7.57. The second-order valence-electron chi connectivity index (χ2n) is 5.96. The third-order valence-electron chi connectivity index (χ3n) is 4.02. The minimum Gasteiger partial charge on any atom is -0.465 e. The molecule has 0 aliphatic carbocycles. The zero-order valence-electron chi connectivity index (χ0n) is 16.7. The van der Waals surface area contributed by atoms with Gasteiger partial charge in [0.25, 0.3) is 0 Å². The van der Waals surface area contributed by atoms with Crippen LogP contribution in [0.3, 0.4) is 0 Å². The fourth-order valence-corrected chi connectivity index (χ4v) is 5.87. The number of nitrogens with one attached hydrogen (secondary N) is 1. The molecule has 3 aromatic rings. The van der Waals surface area contributed by atoms with Gasteiger partial charge in [0.2, 0.25) is 5.91 Å². The Hall–Kier alpha value is -2.54. The number of amides is 1. The first-order chi connectivity index (χ1) is 14.8. The Morgan fingerprint density at radius 1 is 1.13 bits per heavy atom. The van der Waals surface area contributed by atoms with Crippen LogP contribution in [-0.4, -0.2) is 47.6 Å². The SMILES string of the molecule is COC(=O)c1sc(NC(=O)CSc2nn(-c3ccccc3)c(=S)s2)c(C(=O)OC)c1C. The van der Waals surface area contributed by atoms with Crippen LogP contribution < -0.4 is 5.32 Å². The van der Waals surface area contributed by atoms with Gasteiger partial charge in [-0.05, 0) is 36.8 Å². The summed E-state index contributed by atoms with van der Waals surface area (Å²) in [4.78, 5) is 36.9. The van der Waals surface area contributed by atoms with Crippen molar-refractivity contribution in [2.45, 2.75) is 11.3 Å². The smallest absolute Gasteiger partial charge is 0.348 e. The maximum absolute atomic E-state index is 12.5. The number of hydrogen-bond donors (Lipinski definition) is 1. The predicted octanol–water partition coefficient (Wildman–Crippen LogP) is 4.34. The molecule has 1 N–H and O–H groups in total. The molecule has 1 aromatic carbocycles. The van der Waals surface area contributed by atoms with Crippen molar-refractivity contribution < 1.29 is 23.9 Å². The summed E-state index contributed by atoms with van der Waals surface area (Å²) >= 11 is 8.85. The van der Waals surface area contributed by atoms with Crippen molar-refractivity contribution in [1.29, 1.82) is 0 Å². The van der Waals surface area contributed by atoms with Crippen LogP contribution in [-0.2, 0) is 14.3 Å². The predicted molar refractivity (Wildman–Crippen MR) is 123 cm³/mol. The van der Waals surface area contributed by atoms with E-state index in [1.165, 1.54) is 37.3 Å². The Balaban J connectivity index is 1.74. The van der Waals surface area contributed by atoms with Crippen molar-refractivity contribution in [2.24, 2.45) is 0 Å². The van der Waals surface area contributed by atoms with Crippen molar-refractivity contribution in [3.63, 3.8) is 0 Å². The molecule has 0 saturated carbocycles. The summed E-state index contributed by atoms with van der Waals surface area (Å²) in [5.74, 6) is -1.55.